The summed E-state index contributed by atoms with van der Waals surface area (Å²) in [5.74, 6) is -0.620. The number of nitrogens with one attached hydrogen (secondary N) is 1. The molecule has 1 N–H and O–H groups in total. The van der Waals surface area contributed by atoms with Crippen LogP contribution in [-0.2, 0) is 14.3 Å². The Bertz CT molecular complexity index is 809. The number of esters is 1. The zero-order valence-corrected chi connectivity index (χ0v) is 15.7. The average Bonchev–Trinajstić information content (AvgIpc) is 2.61. The molecule has 4 heteroatoms. The van der Waals surface area contributed by atoms with Crippen molar-refractivity contribution in [2.45, 2.75) is 39.7 Å². The van der Waals surface area contributed by atoms with Gasteiger partial charge in [0.25, 0.3) is 5.91 Å². The van der Waals surface area contributed by atoms with Crippen molar-refractivity contribution in [1.82, 2.24) is 0 Å². The molecule has 0 aliphatic rings. The van der Waals surface area contributed by atoms with E-state index in [1.807, 2.05) is 55.5 Å². The van der Waals surface area contributed by atoms with Gasteiger partial charge in [-0.05, 0) is 48.6 Å². The highest BCUT2D eigenvalue weighted by Crippen LogP contribution is 2.23. The maximum Gasteiger partial charge on any atom is 0.331 e. The molecular formula is C22H25NO3. The van der Waals surface area contributed by atoms with Crippen LogP contribution >= 0.6 is 0 Å². The minimum absolute atomic E-state index is 0.279. The van der Waals surface area contributed by atoms with E-state index >= 15 is 0 Å². The van der Waals surface area contributed by atoms with Crippen molar-refractivity contribution in [1.29, 1.82) is 0 Å². The predicted octanol–water partition coefficient (Wildman–Crippen LogP) is 4.70. The van der Waals surface area contributed by atoms with E-state index in [2.05, 4.69) is 19.2 Å². The van der Waals surface area contributed by atoms with Crippen LogP contribution in [0.1, 0.15) is 43.4 Å². The summed E-state index contributed by atoms with van der Waals surface area (Å²) in [6, 6.07) is 15.3. The van der Waals surface area contributed by atoms with E-state index in [4.69, 9.17) is 4.74 Å². The summed E-state index contributed by atoms with van der Waals surface area (Å²) in [6.07, 6.45) is 2.15. The predicted molar refractivity (Wildman–Crippen MR) is 105 cm³/mol. The van der Waals surface area contributed by atoms with Gasteiger partial charge in [-0.15, -0.1) is 0 Å². The lowest BCUT2D eigenvalue weighted by Gasteiger charge is -2.16. The van der Waals surface area contributed by atoms with Gasteiger partial charge in [-0.3, -0.25) is 4.79 Å². The van der Waals surface area contributed by atoms with Crippen molar-refractivity contribution in [3.05, 3.63) is 71.3 Å². The van der Waals surface area contributed by atoms with Crippen LogP contribution in [0.2, 0.25) is 0 Å². The minimum atomic E-state index is -0.885. The third-order valence-corrected chi connectivity index (χ3v) is 4.09. The van der Waals surface area contributed by atoms with Crippen molar-refractivity contribution in [3.63, 3.8) is 0 Å². The normalized spacial score (nSPS) is 12.2. The van der Waals surface area contributed by atoms with Gasteiger partial charge in [0.05, 0.1) is 0 Å². The molecule has 0 bridgehead atoms. The summed E-state index contributed by atoms with van der Waals surface area (Å²) in [5.41, 5.74) is 3.78. The van der Waals surface area contributed by atoms with Gasteiger partial charge in [-0.25, -0.2) is 4.79 Å². The van der Waals surface area contributed by atoms with E-state index in [1.54, 1.807) is 13.0 Å². The molecule has 0 saturated carbocycles. The summed E-state index contributed by atoms with van der Waals surface area (Å²) >= 11 is 0. The molecule has 0 aromatic heterocycles. The standard InChI is InChI=1S/C22H25NO3/c1-15(2)19-11-7-8-12-20(19)23-22(25)17(4)26-21(24)14-13-18-10-6-5-9-16(18)3/h5-15,17H,1-4H3,(H,23,25)/b14-13+/t17-/m0/s1. The lowest BCUT2D eigenvalue weighted by molar-refractivity contribution is -0.148. The van der Waals surface area contributed by atoms with Gasteiger partial charge in [0, 0.05) is 11.8 Å². The van der Waals surface area contributed by atoms with E-state index in [0.717, 1.165) is 22.4 Å². The molecule has 136 valence electrons. The van der Waals surface area contributed by atoms with Crippen molar-refractivity contribution >= 4 is 23.6 Å². The van der Waals surface area contributed by atoms with E-state index in [9.17, 15) is 9.59 Å². The smallest absolute Gasteiger partial charge is 0.331 e. The van der Waals surface area contributed by atoms with Gasteiger partial charge in [0.1, 0.15) is 0 Å². The number of carbonyl (C=O) groups is 2. The third-order valence-electron chi connectivity index (χ3n) is 4.09. The zero-order chi connectivity index (χ0) is 19.1. The topological polar surface area (TPSA) is 55.4 Å². The molecule has 2 aromatic carbocycles. The van der Waals surface area contributed by atoms with E-state index in [-0.39, 0.29) is 11.8 Å². The van der Waals surface area contributed by atoms with Gasteiger partial charge in [0.15, 0.2) is 6.10 Å². The number of para-hydroxylation sites is 1. The number of anilines is 1. The van der Waals surface area contributed by atoms with Crippen LogP contribution in [0.15, 0.2) is 54.6 Å². The molecule has 0 saturated heterocycles. The van der Waals surface area contributed by atoms with Crippen LogP contribution in [0.4, 0.5) is 5.69 Å². The monoisotopic (exact) mass is 351 g/mol. The fourth-order valence-corrected chi connectivity index (χ4v) is 2.55. The first-order chi connectivity index (χ1) is 12.4. The van der Waals surface area contributed by atoms with Crippen LogP contribution in [0.3, 0.4) is 0 Å². The van der Waals surface area contributed by atoms with Gasteiger partial charge in [-0.2, -0.15) is 0 Å². The Balaban J connectivity index is 1.97. The highest BCUT2D eigenvalue weighted by Gasteiger charge is 2.18. The molecule has 1 amide bonds. The molecule has 2 rings (SSSR count). The van der Waals surface area contributed by atoms with Crippen molar-refractivity contribution < 1.29 is 14.3 Å². The van der Waals surface area contributed by atoms with Crippen LogP contribution in [0, 0.1) is 6.92 Å². The van der Waals surface area contributed by atoms with Crippen molar-refractivity contribution in [2.75, 3.05) is 5.32 Å². The highest BCUT2D eigenvalue weighted by atomic mass is 16.5. The van der Waals surface area contributed by atoms with Crippen LogP contribution in [-0.4, -0.2) is 18.0 Å². The molecule has 2 aromatic rings. The first-order valence-corrected chi connectivity index (χ1v) is 8.72. The number of carbonyl (C=O) groups excluding carboxylic acids is 2. The lowest BCUT2D eigenvalue weighted by Crippen LogP contribution is -2.29. The van der Waals surface area contributed by atoms with E-state index in [1.165, 1.54) is 6.08 Å². The van der Waals surface area contributed by atoms with Crippen LogP contribution in [0.5, 0.6) is 0 Å². The summed E-state index contributed by atoms with van der Waals surface area (Å²) < 4.78 is 5.21. The Morgan fingerprint density at radius 2 is 1.65 bits per heavy atom. The molecule has 0 spiro atoms. The maximum atomic E-state index is 12.3. The highest BCUT2D eigenvalue weighted by molar-refractivity contribution is 5.97. The first-order valence-electron chi connectivity index (χ1n) is 8.72. The Kier molecular flexibility index (Phi) is 6.73. The lowest BCUT2D eigenvalue weighted by atomic mass is 10.0. The Hall–Kier alpha value is -2.88. The Morgan fingerprint density at radius 3 is 2.35 bits per heavy atom. The van der Waals surface area contributed by atoms with Gasteiger partial charge < -0.3 is 10.1 Å². The third kappa shape index (κ3) is 5.31. The minimum Gasteiger partial charge on any atom is -0.449 e. The summed E-state index contributed by atoms with van der Waals surface area (Å²) in [4.78, 5) is 24.3. The van der Waals surface area contributed by atoms with Crippen molar-refractivity contribution in [2.24, 2.45) is 0 Å². The molecule has 0 heterocycles. The number of amides is 1. The number of aryl methyl sites for hydroxylation is 1. The number of benzene rings is 2. The second-order valence-corrected chi connectivity index (χ2v) is 6.50. The number of hydrogen-bond acceptors (Lipinski definition) is 3. The fourth-order valence-electron chi connectivity index (χ4n) is 2.55. The first kappa shape index (κ1) is 19.4. The number of hydrogen-bond donors (Lipinski definition) is 1. The second-order valence-electron chi connectivity index (χ2n) is 6.50. The van der Waals surface area contributed by atoms with Gasteiger partial charge in [-0.1, -0.05) is 56.3 Å². The molecule has 0 aliphatic carbocycles. The van der Waals surface area contributed by atoms with Crippen molar-refractivity contribution in [3.8, 4) is 0 Å². The molecule has 1 atom stereocenters. The second kappa shape index (κ2) is 8.99. The average molecular weight is 351 g/mol. The maximum absolute atomic E-state index is 12.3. The van der Waals surface area contributed by atoms with Crippen LogP contribution < -0.4 is 5.32 Å². The Morgan fingerprint density at radius 1 is 1.00 bits per heavy atom. The summed E-state index contributed by atoms with van der Waals surface area (Å²) in [5, 5.41) is 2.84. The largest absolute Gasteiger partial charge is 0.449 e. The Labute approximate surface area is 154 Å². The summed E-state index contributed by atoms with van der Waals surface area (Å²) in [7, 11) is 0. The molecule has 0 radical (unpaired) electrons. The molecule has 0 fully saturated rings. The van der Waals surface area contributed by atoms with Gasteiger partial charge in [0.2, 0.25) is 0 Å². The van der Waals surface area contributed by atoms with Crippen LogP contribution in [0.25, 0.3) is 6.08 Å². The quantitative estimate of drug-likeness (QED) is 0.606. The fraction of sp³-hybridized carbons (Fsp3) is 0.273. The van der Waals surface area contributed by atoms with E-state index < -0.39 is 12.1 Å². The molecule has 0 unspecified atom stereocenters. The number of rotatable bonds is 6. The summed E-state index contributed by atoms with van der Waals surface area (Å²) in [6.45, 7) is 7.65. The number of ether oxygens (including phenoxy) is 1. The molecule has 4 nitrogen and oxygen atoms in total. The van der Waals surface area contributed by atoms with Gasteiger partial charge >= 0.3 is 5.97 Å². The SMILES string of the molecule is Cc1ccccc1/C=C/C(=O)O[C@@H](C)C(=O)Nc1ccccc1C(C)C. The molecule has 0 aliphatic heterocycles. The zero-order valence-electron chi connectivity index (χ0n) is 15.7. The molecular weight excluding hydrogens is 326 g/mol. The van der Waals surface area contributed by atoms with E-state index in [0.29, 0.717) is 0 Å². The molecule has 26 heavy (non-hydrogen) atoms.